The van der Waals surface area contributed by atoms with Crippen molar-refractivity contribution in [1.82, 2.24) is 4.90 Å². The lowest BCUT2D eigenvalue weighted by molar-refractivity contribution is -0.141. The Morgan fingerprint density at radius 2 is 2.00 bits per heavy atom. The van der Waals surface area contributed by atoms with Crippen LogP contribution in [0.4, 0.5) is 10.5 Å². The number of aliphatic carboxylic acids is 1. The number of carboxylic acid groups (broad SMARTS) is 1. The van der Waals surface area contributed by atoms with Gasteiger partial charge in [0.15, 0.2) is 0 Å². The summed E-state index contributed by atoms with van der Waals surface area (Å²) < 4.78 is 0. The minimum atomic E-state index is -1.02. The Kier molecular flexibility index (Phi) is 3.47. The molecule has 1 aromatic rings. The van der Waals surface area contributed by atoms with Gasteiger partial charge in [0.05, 0.1) is 0 Å². The van der Waals surface area contributed by atoms with Crippen LogP contribution in [-0.4, -0.2) is 40.6 Å². The van der Waals surface area contributed by atoms with Crippen molar-refractivity contribution in [3.05, 3.63) is 30.3 Å². The zero-order chi connectivity index (χ0) is 13.1. The summed E-state index contributed by atoms with van der Waals surface area (Å²) in [6.45, 7) is 0.260. The van der Waals surface area contributed by atoms with Gasteiger partial charge in [-0.3, -0.25) is 0 Å². The van der Waals surface area contributed by atoms with E-state index >= 15 is 0 Å². The Labute approximate surface area is 104 Å². The fourth-order valence-corrected chi connectivity index (χ4v) is 2.04. The predicted octanol–water partition coefficient (Wildman–Crippen LogP) is 0.705. The van der Waals surface area contributed by atoms with E-state index in [9.17, 15) is 9.59 Å². The number of nitrogens with one attached hydrogen (secondary N) is 1. The van der Waals surface area contributed by atoms with Crippen molar-refractivity contribution in [2.45, 2.75) is 18.5 Å². The van der Waals surface area contributed by atoms with Crippen LogP contribution in [0.5, 0.6) is 0 Å². The summed E-state index contributed by atoms with van der Waals surface area (Å²) in [5, 5.41) is 11.7. The summed E-state index contributed by atoms with van der Waals surface area (Å²) in [6.07, 6.45) is 0.289. The molecule has 2 unspecified atom stereocenters. The number of carbonyl (C=O) groups excluding carboxylic acids is 1. The molecule has 1 aromatic carbocycles. The fourth-order valence-electron chi connectivity index (χ4n) is 2.04. The monoisotopic (exact) mass is 249 g/mol. The van der Waals surface area contributed by atoms with Crippen molar-refractivity contribution in [3.8, 4) is 0 Å². The number of urea groups is 1. The normalized spacial score (nSPS) is 22.8. The van der Waals surface area contributed by atoms with E-state index in [2.05, 4.69) is 5.32 Å². The van der Waals surface area contributed by atoms with E-state index < -0.39 is 18.0 Å². The van der Waals surface area contributed by atoms with Gasteiger partial charge in [0, 0.05) is 18.3 Å². The lowest BCUT2D eigenvalue weighted by Gasteiger charge is -2.21. The number of anilines is 1. The second-order valence-electron chi connectivity index (χ2n) is 4.30. The number of nitrogens with zero attached hydrogens (tertiary/aromatic N) is 1. The molecule has 96 valence electrons. The number of amides is 2. The van der Waals surface area contributed by atoms with Crippen LogP contribution in [0.3, 0.4) is 0 Å². The van der Waals surface area contributed by atoms with Gasteiger partial charge < -0.3 is 21.1 Å². The topological polar surface area (TPSA) is 95.7 Å². The van der Waals surface area contributed by atoms with Crippen molar-refractivity contribution in [3.63, 3.8) is 0 Å². The van der Waals surface area contributed by atoms with E-state index in [4.69, 9.17) is 10.8 Å². The third kappa shape index (κ3) is 2.60. The van der Waals surface area contributed by atoms with E-state index in [0.717, 1.165) is 0 Å². The highest BCUT2D eigenvalue weighted by atomic mass is 16.4. The van der Waals surface area contributed by atoms with Gasteiger partial charge in [-0.15, -0.1) is 0 Å². The minimum Gasteiger partial charge on any atom is -0.480 e. The molecule has 0 aliphatic carbocycles. The molecule has 1 heterocycles. The molecular formula is C12H15N3O3. The Morgan fingerprint density at radius 1 is 1.33 bits per heavy atom. The van der Waals surface area contributed by atoms with Gasteiger partial charge in [-0.05, 0) is 18.6 Å². The molecule has 6 heteroatoms. The predicted molar refractivity (Wildman–Crippen MR) is 66.2 cm³/mol. The summed E-state index contributed by atoms with van der Waals surface area (Å²) in [6, 6.07) is 7.34. The molecule has 0 aromatic heterocycles. The van der Waals surface area contributed by atoms with Gasteiger partial charge in [0.2, 0.25) is 0 Å². The van der Waals surface area contributed by atoms with Crippen molar-refractivity contribution in [1.29, 1.82) is 0 Å². The Bertz CT molecular complexity index is 449. The van der Waals surface area contributed by atoms with Crippen LogP contribution >= 0.6 is 0 Å². The van der Waals surface area contributed by atoms with Crippen LogP contribution in [0.15, 0.2) is 30.3 Å². The van der Waals surface area contributed by atoms with E-state index in [1.54, 1.807) is 24.3 Å². The van der Waals surface area contributed by atoms with Crippen LogP contribution in [0.1, 0.15) is 6.42 Å². The number of hydrogen-bond acceptors (Lipinski definition) is 3. The first-order valence-electron chi connectivity index (χ1n) is 5.69. The lowest BCUT2D eigenvalue weighted by Crippen LogP contribution is -2.43. The molecule has 1 saturated heterocycles. The molecule has 1 fully saturated rings. The average molecular weight is 249 g/mol. The van der Waals surface area contributed by atoms with Gasteiger partial charge in [0.1, 0.15) is 6.04 Å². The number of para-hydroxylation sites is 1. The Morgan fingerprint density at radius 3 is 2.61 bits per heavy atom. The molecule has 2 atom stereocenters. The number of hydrogen-bond donors (Lipinski definition) is 3. The number of benzene rings is 1. The first-order chi connectivity index (χ1) is 8.58. The van der Waals surface area contributed by atoms with E-state index in [-0.39, 0.29) is 19.0 Å². The maximum Gasteiger partial charge on any atom is 0.326 e. The van der Waals surface area contributed by atoms with Crippen molar-refractivity contribution in [2.75, 3.05) is 11.9 Å². The van der Waals surface area contributed by atoms with Crippen LogP contribution in [0.25, 0.3) is 0 Å². The van der Waals surface area contributed by atoms with E-state index in [1.165, 1.54) is 4.90 Å². The van der Waals surface area contributed by atoms with Crippen molar-refractivity contribution in [2.24, 2.45) is 5.73 Å². The second-order valence-corrected chi connectivity index (χ2v) is 4.30. The molecule has 1 aliphatic rings. The summed E-state index contributed by atoms with van der Waals surface area (Å²) in [7, 11) is 0. The second kappa shape index (κ2) is 5.05. The van der Waals surface area contributed by atoms with Crippen LogP contribution in [0.2, 0.25) is 0 Å². The van der Waals surface area contributed by atoms with E-state index in [0.29, 0.717) is 5.69 Å². The molecule has 0 spiro atoms. The highest BCUT2D eigenvalue weighted by molar-refractivity contribution is 5.92. The van der Waals surface area contributed by atoms with Gasteiger partial charge in [-0.25, -0.2) is 9.59 Å². The van der Waals surface area contributed by atoms with Gasteiger partial charge in [-0.1, -0.05) is 18.2 Å². The largest absolute Gasteiger partial charge is 0.480 e. The first kappa shape index (κ1) is 12.4. The zero-order valence-corrected chi connectivity index (χ0v) is 9.74. The summed E-state index contributed by atoms with van der Waals surface area (Å²) in [4.78, 5) is 24.3. The van der Waals surface area contributed by atoms with Crippen molar-refractivity contribution >= 4 is 17.7 Å². The third-order valence-electron chi connectivity index (χ3n) is 2.90. The summed E-state index contributed by atoms with van der Waals surface area (Å²) >= 11 is 0. The molecule has 0 bridgehead atoms. The van der Waals surface area contributed by atoms with Gasteiger partial charge in [0.25, 0.3) is 0 Å². The smallest absolute Gasteiger partial charge is 0.326 e. The van der Waals surface area contributed by atoms with Crippen LogP contribution in [-0.2, 0) is 4.79 Å². The summed E-state index contributed by atoms with van der Waals surface area (Å²) in [5.74, 6) is -1.02. The molecule has 18 heavy (non-hydrogen) atoms. The molecule has 4 N–H and O–H groups in total. The molecule has 2 amide bonds. The molecule has 2 rings (SSSR count). The first-order valence-corrected chi connectivity index (χ1v) is 5.69. The van der Waals surface area contributed by atoms with E-state index in [1.807, 2.05) is 6.07 Å². The minimum absolute atomic E-state index is 0.260. The number of nitrogens with two attached hydrogens (primary N) is 1. The number of likely N-dealkylation sites (tertiary alicyclic amines) is 1. The standard InChI is InChI=1S/C12H15N3O3/c13-8-6-10(11(16)17)15(7-8)12(18)14-9-4-2-1-3-5-9/h1-5,8,10H,6-7,13H2,(H,14,18)(H,16,17). The van der Waals surface area contributed by atoms with Gasteiger partial charge in [-0.2, -0.15) is 0 Å². The van der Waals surface area contributed by atoms with Crippen LogP contribution in [0, 0.1) is 0 Å². The molecule has 0 radical (unpaired) electrons. The summed E-state index contributed by atoms with van der Waals surface area (Å²) in [5.41, 5.74) is 6.33. The molecule has 6 nitrogen and oxygen atoms in total. The van der Waals surface area contributed by atoms with Crippen molar-refractivity contribution < 1.29 is 14.7 Å². The number of rotatable bonds is 2. The molecule has 1 aliphatic heterocycles. The highest BCUT2D eigenvalue weighted by Gasteiger charge is 2.38. The zero-order valence-electron chi connectivity index (χ0n) is 9.74. The quantitative estimate of drug-likeness (QED) is 0.719. The maximum absolute atomic E-state index is 12.0. The number of carboxylic acids is 1. The molecular weight excluding hydrogens is 234 g/mol. The lowest BCUT2D eigenvalue weighted by atomic mass is 10.2. The average Bonchev–Trinajstić information content (AvgIpc) is 2.73. The van der Waals surface area contributed by atoms with Crippen LogP contribution < -0.4 is 11.1 Å². The maximum atomic E-state index is 12.0. The SMILES string of the molecule is NC1CC(C(=O)O)N(C(=O)Nc2ccccc2)C1. The Hall–Kier alpha value is -2.08. The fraction of sp³-hybridized carbons (Fsp3) is 0.333. The Balaban J connectivity index is 2.06. The third-order valence-corrected chi connectivity index (χ3v) is 2.90. The number of carbonyl (C=O) groups is 2. The van der Waals surface area contributed by atoms with Gasteiger partial charge >= 0.3 is 12.0 Å². The molecule has 0 saturated carbocycles. The highest BCUT2D eigenvalue weighted by Crippen LogP contribution is 2.18.